The quantitative estimate of drug-likeness (QED) is 0.729. The number of hydrogen-bond acceptors (Lipinski definition) is 5. The molecule has 1 heterocycles. The van der Waals surface area contributed by atoms with Gasteiger partial charge in [0.05, 0.1) is 6.04 Å². The second kappa shape index (κ2) is 9.35. The maximum atomic E-state index is 12.4. The number of carbonyl (C=O) groups excluding carboxylic acids is 2. The van der Waals surface area contributed by atoms with E-state index in [9.17, 15) is 22.8 Å². The second-order valence-electron chi connectivity index (χ2n) is 6.58. The van der Waals surface area contributed by atoms with E-state index in [1.165, 1.54) is 30.5 Å². The van der Waals surface area contributed by atoms with Crippen LogP contribution in [0.4, 0.5) is 19.1 Å². The van der Waals surface area contributed by atoms with Crippen LogP contribution >= 0.6 is 0 Å². The third-order valence-electron chi connectivity index (χ3n) is 3.76. The number of alkyl halides is 3. The topological polar surface area (TPSA) is 93.2 Å². The molecular weight excluding hydrogens is 389 g/mol. The van der Waals surface area contributed by atoms with Crippen LogP contribution in [-0.4, -0.2) is 34.6 Å². The summed E-state index contributed by atoms with van der Waals surface area (Å²) in [6.07, 6.45) is -3.10. The Balaban J connectivity index is 2.04. The first-order valence-electron chi connectivity index (χ1n) is 8.79. The smallest absolute Gasteiger partial charge is 0.422 e. The zero-order valence-corrected chi connectivity index (χ0v) is 16.1. The molecule has 0 aliphatic rings. The summed E-state index contributed by atoms with van der Waals surface area (Å²) in [5.74, 6) is -1.04. The highest BCUT2D eigenvalue weighted by molar-refractivity contribution is 5.94. The molecule has 0 bridgehead atoms. The number of carbonyl (C=O) groups is 2. The number of rotatable bonds is 7. The van der Waals surface area contributed by atoms with Crippen LogP contribution in [0.1, 0.15) is 42.9 Å². The number of anilines is 1. The fourth-order valence-corrected chi connectivity index (χ4v) is 2.19. The van der Waals surface area contributed by atoms with Crippen molar-refractivity contribution < 1.29 is 27.5 Å². The van der Waals surface area contributed by atoms with Crippen molar-refractivity contribution in [2.24, 2.45) is 5.92 Å². The van der Waals surface area contributed by atoms with E-state index in [0.717, 1.165) is 0 Å². The number of nitrogens with zero attached hydrogens (tertiary/aromatic N) is 2. The van der Waals surface area contributed by atoms with Crippen molar-refractivity contribution in [2.45, 2.75) is 33.0 Å². The fraction of sp³-hybridized carbons (Fsp3) is 0.368. The molecule has 2 amide bonds. The highest BCUT2D eigenvalue weighted by Crippen LogP contribution is 2.22. The highest BCUT2D eigenvalue weighted by atomic mass is 19.4. The summed E-state index contributed by atoms with van der Waals surface area (Å²) in [4.78, 5) is 32.1. The molecule has 0 radical (unpaired) electrons. The van der Waals surface area contributed by atoms with Gasteiger partial charge in [0.2, 0.25) is 11.9 Å². The van der Waals surface area contributed by atoms with Crippen molar-refractivity contribution in [3.05, 3.63) is 47.8 Å². The van der Waals surface area contributed by atoms with Gasteiger partial charge in [0.25, 0.3) is 5.91 Å². The van der Waals surface area contributed by atoms with Crippen LogP contribution in [0.25, 0.3) is 0 Å². The summed E-state index contributed by atoms with van der Waals surface area (Å²) in [5, 5.41) is 5.20. The van der Waals surface area contributed by atoms with Crippen molar-refractivity contribution in [1.29, 1.82) is 0 Å². The summed E-state index contributed by atoms with van der Waals surface area (Å²) in [6, 6.07) is 6.87. The van der Waals surface area contributed by atoms with Gasteiger partial charge in [-0.25, -0.2) is 9.97 Å². The van der Waals surface area contributed by atoms with Gasteiger partial charge < -0.3 is 10.1 Å². The standard InChI is InChI=1S/C19H21F3N4O3/c1-11(2)16(27)26-18-23-8-7-15(25-18)17(28)24-12(3)13-5-4-6-14(9-13)29-10-19(20,21)22/h4-9,11-12H,10H2,1-3H3,(H,24,28)(H,23,25,26,27). The minimum atomic E-state index is -4.44. The lowest BCUT2D eigenvalue weighted by molar-refractivity contribution is -0.153. The van der Waals surface area contributed by atoms with Gasteiger partial charge in [-0.3, -0.25) is 14.9 Å². The molecule has 1 aromatic carbocycles. The summed E-state index contributed by atoms with van der Waals surface area (Å²) < 4.78 is 41.6. The largest absolute Gasteiger partial charge is 0.484 e. The first kappa shape index (κ1) is 22.1. The molecule has 29 heavy (non-hydrogen) atoms. The van der Waals surface area contributed by atoms with E-state index in [2.05, 4.69) is 20.6 Å². The molecule has 0 fully saturated rings. The van der Waals surface area contributed by atoms with Crippen LogP contribution in [0, 0.1) is 5.92 Å². The highest BCUT2D eigenvalue weighted by Gasteiger charge is 2.28. The number of ether oxygens (including phenoxy) is 1. The molecule has 1 unspecified atom stereocenters. The Labute approximate surface area is 165 Å². The summed E-state index contributed by atoms with van der Waals surface area (Å²) >= 11 is 0. The maximum absolute atomic E-state index is 12.4. The summed E-state index contributed by atoms with van der Waals surface area (Å²) in [5.41, 5.74) is 0.593. The van der Waals surface area contributed by atoms with Crippen LogP contribution in [0.15, 0.2) is 36.5 Å². The van der Waals surface area contributed by atoms with E-state index in [1.54, 1.807) is 26.8 Å². The first-order chi connectivity index (χ1) is 13.5. The number of hydrogen-bond donors (Lipinski definition) is 2. The Morgan fingerprint density at radius 3 is 2.55 bits per heavy atom. The Kier molecular flexibility index (Phi) is 7.13. The fourth-order valence-electron chi connectivity index (χ4n) is 2.19. The molecule has 0 saturated carbocycles. The minimum absolute atomic E-state index is 0.00607. The Morgan fingerprint density at radius 1 is 1.17 bits per heavy atom. The van der Waals surface area contributed by atoms with E-state index in [1.807, 2.05) is 0 Å². The minimum Gasteiger partial charge on any atom is -0.484 e. The van der Waals surface area contributed by atoms with E-state index >= 15 is 0 Å². The van der Waals surface area contributed by atoms with Gasteiger partial charge >= 0.3 is 6.18 Å². The van der Waals surface area contributed by atoms with E-state index in [-0.39, 0.29) is 29.2 Å². The Bertz CT molecular complexity index is 872. The van der Waals surface area contributed by atoms with Gasteiger partial charge in [-0.15, -0.1) is 0 Å². The predicted molar refractivity (Wildman–Crippen MR) is 99.4 cm³/mol. The zero-order valence-electron chi connectivity index (χ0n) is 16.1. The number of amides is 2. The average molecular weight is 410 g/mol. The van der Waals surface area contributed by atoms with E-state index in [4.69, 9.17) is 4.74 Å². The van der Waals surface area contributed by atoms with Gasteiger partial charge in [-0.1, -0.05) is 26.0 Å². The van der Waals surface area contributed by atoms with Gasteiger partial charge in [-0.05, 0) is 30.7 Å². The molecule has 10 heteroatoms. The van der Waals surface area contributed by atoms with Crippen LogP contribution in [-0.2, 0) is 4.79 Å². The number of benzene rings is 1. The molecule has 0 spiro atoms. The van der Waals surface area contributed by atoms with E-state index < -0.39 is 24.7 Å². The molecular formula is C19H21F3N4O3. The van der Waals surface area contributed by atoms with Crippen LogP contribution in [0.5, 0.6) is 5.75 Å². The molecule has 1 atom stereocenters. The van der Waals surface area contributed by atoms with Gasteiger partial charge in [-0.2, -0.15) is 13.2 Å². The molecule has 0 aliphatic carbocycles. The van der Waals surface area contributed by atoms with Crippen LogP contribution in [0.3, 0.4) is 0 Å². The first-order valence-corrected chi connectivity index (χ1v) is 8.79. The third kappa shape index (κ3) is 7.05. The number of aromatic nitrogens is 2. The van der Waals surface area contributed by atoms with Gasteiger partial charge in [0.15, 0.2) is 6.61 Å². The van der Waals surface area contributed by atoms with Crippen molar-refractivity contribution in [1.82, 2.24) is 15.3 Å². The zero-order chi connectivity index (χ0) is 21.6. The van der Waals surface area contributed by atoms with Crippen molar-refractivity contribution in [3.63, 3.8) is 0 Å². The SMILES string of the molecule is CC(C)C(=O)Nc1nccc(C(=O)NC(C)c2cccc(OCC(F)(F)F)c2)n1. The van der Waals surface area contributed by atoms with Crippen molar-refractivity contribution >= 4 is 17.8 Å². The summed E-state index contributed by atoms with van der Waals surface area (Å²) in [6.45, 7) is 3.69. The van der Waals surface area contributed by atoms with E-state index in [0.29, 0.717) is 5.56 Å². The molecule has 156 valence electrons. The third-order valence-corrected chi connectivity index (χ3v) is 3.76. The van der Waals surface area contributed by atoms with Gasteiger partial charge in [0, 0.05) is 12.1 Å². The molecule has 1 aromatic heterocycles. The van der Waals surface area contributed by atoms with Crippen LogP contribution < -0.4 is 15.4 Å². The van der Waals surface area contributed by atoms with Gasteiger partial charge in [0.1, 0.15) is 11.4 Å². The lowest BCUT2D eigenvalue weighted by Crippen LogP contribution is -2.28. The molecule has 2 rings (SSSR count). The molecule has 2 N–H and O–H groups in total. The molecule has 0 aliphatic heterocycles. The number of halogens is 3. The molecule has 7 nitrogen and oxygen atoms in total. The molecule has 0 saturated heterocycles. The second-order valence-corrected chi connectivity index (χ2v) is 6.58. The lowest BCUT2D eigenvalue weighted by atomic mass is 10.1. The molecule has 2 aromatic rings. The van der Waals surface area contributed by atoms with Crippen LogP contribution in [0.2, 0.25) is 0 Å². The average Bonchev–Trinajstić information content (AvgIpc) is 2.66. The summed E-state index contributed by atoms with van der Waals surface area (Å²) in [7, 11) is 0. The lowest BCUT2D eigenvalue weighted by Gasteiger charge is -2.16. The predicted octanol–water partition coefficient (Wildman–Crippen LogP) is 3.50. The van der Waals surface area contributed by atoms with Crippen molar-refractivity contribution in [2.75, 3.05) is 11.9 Å². The Morgan fingerprint density at radius 2 is 1.90 bits per heavy atom. The normalized spacial score (nSPS) is 12.4. The Hall–Kier alpha value is -3.17. The number of nitrogens with one attached hydrogen (secondary N) is 2. The monoisotopic (exact) mass is 410 g/mol. The maximum Gasteiger partial charge on any atom is 0.422 e. The van der Waals surface area contributed by atoms with Crippen molar-refractivity contribution in [3.8, 4) is 5.75 Å².